The van der Waals surface area contributed by atoms with Crippen molar-refractivity contribution in [2.24, 2.45) is 5.92 Å². The highest BCUT2D eigenvalue weighted by molar-refractivity contribution is 7.97. The Kier molecular flexibility index (Phi) is 6.16. The molecule has 0 amide bonds. The number of nitrogens with one attached hydrogen (secondary N) is 1. The van der Waals surface area contributed by atoms with Gasteiger partial charge in [0.2, 0.25) is 5.95 Å². The fourth-order valence-corrected chi connectivity index (χ4v) is 3.80. The molecule has 6 heteroatoms. The van der Waals surface area contributed by atoms with Crippen LogP contribution in [-0.4, -0.2) is 32.0 Å². The van der Waals surface area contributed by atoms with Crippen LogP contribution in [0.25, 0.3) is 5.65 Å². The van der Waals surface area contributed by atoms with Crippen molar-refractivity contribution in [1.29, 1.82) is 0 Å². The van der Waals surface area contributed by atoms with E-state index in [-0.39, 0.29) is 6.04 Å². The topological polar surface area (TPSA) is 45.5 Å². The van der Waals surface area contributed by atoms with Gasteiger partial charge in [-0.15, -0.1) is 10.2 Å². The Labute approximate surface area is 160 Å². The third kappa shape index (κ3) is 4.19. The predicted octanol–water partition coefficient (Wildman–Crippen LogP) is 4.89. The zero-order valence-corrected chi connectivity index (χ0v) is 16.7. The summed E-state index contributed by atoms with van der Waals surface area (Å²) in [6, 6.07) is 14.8. The third-order valence-corrected chi connectivity index (χ3v) is 5.65. The maximum absolute atomic E-state index is 4.38. The molecule has 1 N–H and O–H groups in total. The minimum atomic E-state index is 0.183. The first-order chi connectivity index (χ1) is 12.6. The average molecular weight is 370 g/mol. The minimum absolute atomic E-state index is 0.183. The lowest BCUT2D eigenvalue weighted by atomic mass is 9.96. The number of anilines is 1. The van der Waals surface area contributed by atoms with Crippen molar-refractivity contribution in [1.82, 2.24) is 18.9 Å². The molecule has 1 atom stereocenters. The number of nitrogens with zero attached hydrogens (tertiary/aromatic N) is 4. The van der Waals surface area contributed by atoms with Crippen LogP contribution in [0, 0.1) is 5.92 Å². The molecule has 138 valence electrons. The van der Waals surface area contributed by atoms with E-state index in [0.717, 1.165) is 24.7 Å². The maximum Gasteiger partial charge on any atom is 0.229 e. The van der Waals surface area contributed by atoms with Crippen molar-refractivity contribution in [2.75, 3.05) is 18.4 Å². The number of fused-ring (bicyclic) bond motifs is 1. The largest absolute Gasteiger partial charge is 0.347 e. The van der Waals surface area contributed by atoms with Crippen LogP contribution < -0.4 is 5.32 Å². The summed E-state index contributed by atoms with van der Waals surface area (Å²) in [6.07, 6.45) is 2.11. The lowest BCUT2D eigenvalue weighted by Crippen LogP contribution is -2.18. The molecular weight excluding hydrogens is 342 g/mol. The van der Waals surface area contributed by atoms with E-state index in [1.807, 2.05) is 16.5 Å². The first-order valence-corrected chi connectivity index (χ1v) is 9.98. The molecule has 3 rings (SSSR count). The molecule has 0 saturated carbocycles. The van der Waals surface area contributed by atoms with Crippen molar-refractivity contribution >= 4 is 23.5 Å². The molecule has 2 aromatic heterocycles. The number of pyridine rings is 1. The maximum atomic E-state index is 4.38. The lowest BCUT2D eigenvalue weighted by molar-refractivity contribution is 0.524. The zero-order valence-electron chi connectivity index (χ0n) is 15.9. The van der Waals surface area contributed by atoms with Gasteiger partial charge in [-0.1, -0.05) is 58.0 Å². The smallest absolute Gasteiger partial charge is 0.229 e. The molecule has 2 heterocycles. The van der Waals surface area contributed by atoms with Crippen molar-refractivity contribution in [3.05, 3.63) is 54.2 Å². The molecule has 0 aliphatic heterocycles. The molecule has 5 nitrogen and oxygen atoms in total. The molecule has 0 bridgehead atoms. The Morgan fingerprint density at radius 1 is 1.04 bits per heavy atom. The highest BCUT2D eigenvalue weighted by atomic mass is 32.2. The minimum Gasteiger partial charge on any atom is -0.347 e. The summed E-state index contributed by atoms with van der Waals surface area (Å²) in [6.45, 7) is 10.8. The molecule has 3 aromatic rings. The van der Waals surface area contributed by atoms with Gasteiger partial charge in [-0.25, -0.2) is 4.31 Å². The Balaban J connectivity index is 1.89. The van der Waals surface area contributed by atoms with Crippen LogP contribution in [0.5, 0.6) is 0 Å². The second kappa shape index (κ2) is 8.56. The van der Waals surface area contributed by atoms with E-state index in [4.69, 9.17) is 0 Å². The Hall–Kier alpha value is -2.05. The number of aromatic nitrogens is 3. The molecule has 0 fully saturated rings. The highest BCUT2D eigenvalue weighted by Gasteiger charge is 2.18. The van der Waals surface area contributed by atoms with Gasteiger partial charge in [0, 0.05) is 24.2 Å². The first kappa shape index (κ1) is 18.7. The monoisotopic (exact) mass is 369 g/mol. The van der Waals surface area contributed by atoms with E-state index in [0.29, 0.717) is 5.92 Å². The average Bonchev–Trinajstić information content (AvgIpc) is 3.06. The second-order valence-corrected chi connectivity index (χ2v) is 7.77. The molecule has 0 radical (unpaired) electrons. The van der Waals surface area contributed by atoms with Gasteiger partial charge < -0.3 is 5.32 Å². The number of hydrogen-bond acceptors (Lipinski definition) is 5. The Morgan fingerprint density at radius 2 is 1.77 bits per heavy atom. The Morgan fingerprint density at radius 3 is 2.42 bits per heavy atom. The van der Waals surface area contributed by atoms with Gasteiger partial charge in [-0.2, -0.15) is 0 Å². The summed E-state index contributed by atoms with van der Waals surface area (Å²) in [5, 5.41) is 12.3. The third-order valence-electron chi connectivity index (χ3n) is 4.43. The van der Waals surface area contributed by atoms with E-state index in [1.165, 1.54) is 10.5 Å². The van der Waals surface area contributed by atoms with Gasteiger partial charge >= 0.3 is 0 Å². The lowest BCUT2D eigenvalue weighted by Gasteiger charge is -2.23. The van der Waals surface area contributed by atoms with Crippen LogP contribution in [-0.2, 0) is 0 Å². The van der Waals surface area contributed by atoms with Gasteiger partial charge in [0.25, 0.3) is 0 Å². The van der Waals surface area contributed by atoms with Gasteiger partial charge in [0.05, 0.1) is 6.04 Å². The molecule has 0 aliphatic carbocycles. The standard InChI is InChI=1S/C20H27N5S/c1-5-24(6-2)26-17-12-13-18-22-23-20(25(18)14-17)21-19(15(3)4)16-10-8-7-9-11-16/h7-15,19H,5-6H2,1-4H3,(H,21,23). The van der Waals surface area contributed by atoms with E-state index < -0.39 is 0 Å². The number of hydrogen-bond donors (Lipinski definition) is 1. The fraction of sp³-hybridized carbons (Fsp3) is 0.400. The van der Waals surface area contributed by atoms with Crippen LogP contribution in [0.4, 0.5) is 5.95 Å². The molecular formula is C20H27N5S. The summed E-state index contributed by atoms with van der Waals surface area (Å²) in [7, 11) is 0. The van der Waals surface area contributed by atoms with Crippen LogP contribution in [0.2, 0.25) is 0 Å². The zero-order chi connectivity index (χ0) is 18.5. The van der Waals surface area contributed by atoms with Gasteiger partial charge in [0.15, 0.2) is 5.65 Å². The van der Waals surface area contributed by atoms with Crippen LogP contribution >= 0.6 is 11.9 Å². The molecule has 0 aliphatic rings. The molecule has 0 spiro atoms. The highest BCUT2D eigenvalue weighted by Crippen LogP contribution is 2.27. The van der Waals surface area contributed by atoms with E-state index in [2.05, 4.69) is 84.0 Å². The molecule has 0 saturated heterocycles. The second-order valence-electron chi connectivity index (χ2n) is 6.60. The van der Waals surface area contributed by atoms with Crippen molar-refractivity contribution in [3.8, 4) is 0 Å². The van der Waals surface area contributed by atoms with Crippen LogP contribution in [0.15, 0.2) is 53.6 Å². The SMILES string of the molecule is CCN(CC)Sc1ccc2nnc(NC(c3ccccc3)C(C)C)n2c1. The predicted molar refractivity (Wildman–Crippen MR) is 109 cm³/mol. The van der Waals surface area contributed by atoms with E-state index in [9.17, 15) is 0 Å². The van der Waals surface area contributed by atoms with Gasteiger partial charge in [0.1, 0.15) is 0 Å². The van der Waals surface area contributed by atoms with Crippen molar-refractivity contribution in [2.45, 2.75) is 38.6 Å². The van der Waals surface area contributed by atoms with Gasteiger partial charge in [-0.3, -0.25) is 4.40 Å². The summed E-state index contributed by atoms with van der Waals surface area (Å²) < 4.78 is 4.36. The Bertz CT molecular complexity index is 827. The van der Waals surface area contributed by atoms with E-state index >= 15 is 0 Å². The van der Waals surface area contributed by atoms with E-state index in [1.54, 1.807) is 11.9 Å². The molecule has 1 aromatic carbocycles. The molecule has 26 heavy (non-hydrogen) atoms. The summed E-state index contributed by atoms with van der Waals surface area (Å²) >= 11 is 1.77. The summed E-state index contributed by atoms with van der Waals surface area (Å²) in [4.78, 5) is 1.19. The first-order valence-electron chi connectivity index (χ1n) is 9.21. The normalized spacial score (nSPS) is 12.8. The summed E-state index contributed by atoms with van der Waals surface area (Å²) in [5.74, 6) is 1.21. The molecule has 1 unspecified atom stereocenters. The number of rotatable bonds is 8. The van der Waals surface area contributed by atoms with Crippen molar-refractivity contribution < 1.29 is 0 Å². The summed E-state index contributed by atoms with van der Waals surface area (Å²) in [5.41, 5.74) is 2.11. The number of benzene rings is 1. The fourth-order valence-electron chi connectivity index (χ4n) is 2.96. The van der Waals surface area contributed by atoms with Crippen LogP contribution in [0.1, 0.15) is 39.3 Å². The van der Waals surface area contributed by atoms with Crippen molar-refractivity contribution in [3.63, 3.8) is 0 Å². The quantitative estimate of drug-likeness (QED) is 0.573. The van der Waals surface area contributed by atoms with Gasteiger partial charge in [-0.05, 0) is 35.6 Å². The van der Waals surface area contributed by atoms with Crippen LogP contribution in [0.3, 0.4) is 0 Å².